The number of carboxylic acids is 1. The number of nitrogens with zero attached hydrogens (tertiary/aromatic N) is 1. The van der Waals surface area contributed by atoms with Crippen LogP contribution in [0.15, 0.2) is 29.6 Å². The number of rotatable bonds is 4. The highest BCUT2D eigenvalue weighted by molar-refractivity contribution is 7.09. The molecule has 5 heteroatoms. The quantitative estimate of drug-likeness (QED) is 0.926. The Morgan fingerprint density at radius 1 is 1.47 bits per heavy atom. The molecule has 2 rings (SSSR count). The van der Waals surface area contributed by atoms with Crippen LogP contribution in [0.3, 0.4) is 0 Å². The molecule has 1 heterocycles. The van der Waals surface area contributed by atoms with Gasteiger partial charge >= 0.3 is 5.97 Å². The predicted molar refractivity (Wildman–Crippen MR) is 67.7 cm³/mol. The van der Waals surface area contributed by atoms with Gasteiger partial charge in [0.15, 0.2) is 0 Å². The molecule has 88 valence electrons. The Kier molecular flexibility index (Phi) is 3.76. The molecule has 0 aliphatic heterocycles. The summed E-state index contributed by atoms with van der Waals surface area (Å²) in [5.41, 5.74) is 1.96. The molecular formula is C12H10ClNO2S. The molecular weight excluding hydrogens is 258 g/mol. The van der Waals surface area contributed by atoms with Gasteiger partial charge in [0.2, 0.25) is 0 Å². The largest absolute Gasteiger partial charge is 0.481 e. The molecule has 0 atom stereocenters. The lowest BCUT2D eigenvalue weighted by molar-refractivity contribution is -0.136. The molecule has 0 saturated heterocycles. The normalized spacial score (nSPS) is 10.4. The second-order valence-electron chi connectivity index (χ2n) is 3.61. The zero-order valence-electron chi connectivity index (χ0n) is 8.89. The van der Waals surface area contributed by atoms with Crippen LogP contribution in [0, 0.1) is 0 Å². The molecule has 0 bridgehead atoms. The first kappa shape index (κ1) is 12.1. The van der Waals surface area contributed by atoms with Gasteiger partial charge in [0.1, 0.15) is 5.01 Å². The fraction of sp³-hybridized carbons (Fsp3) is 0.167. The summed E-state index contributed by atoms with van der Waals surface area (Å²) in [6, 6.07) is 7.57. The Bertz CT molecular complexity index is 539. The molecule has 2 aromatic rings. The van der Waals surface area contributed by atoms with Crippen LogP contribution in [0.1, 0.15) is 16.3 Å². The molecule has 0 fully saturated rings. The maximum Gasteiger partial charge on any atom is 0.310 e. The van der Waals surface area contributed by atoms with Crippen molar-refractivity contribution in [2.45, 2.75) is 12.8 Å². The predicted octanol–water partition coefficient (Wildman–Crippen LogP) is 3.01. The average Bonchev–Trinajstić information content (AvgIpc) is 2.64. The number of thiazole rings is 1. The van der Waals surface area contributed by atoms with Gasteiger partial charge in [-0.3, -0.25) is 4.79 Å². The smallest absolute Gasteiger partial charge is 0.310 e. The Morgan fingerprint density at radius 3 is 3.00 bits per heavy atom. The number of hydrogen-bond donors (Lipinski definition) is 1. The molecule has 1 aromatic carbocycles. The standard InChI is InChI=1S/C12H10ClNO2S/c13-9-3-1-2-8(4-9)5-10-7-17-11(14-10)6-12(15)16/h1-4,7H,5-6H2,(H,15,16). The average molecular weight is 268 g/mol. The van der Waals surface area contributed by atoms with Gasteiger partial charge in [0.25, 0.3) is 0 Å². The third-order valence-corrected chi connectivity index (χ3v) is 3.31. The van der Waals surface area contributed by atoms with E-state index in [0.29, 0.717) is 16.5 Å². The SMILES string of the molecule is O=C(O)Cc1nc(Cc2cccc(Cl)c2)cs1. The van der Waals surface area contributed by atoms with E-state index in [-0.39, 0.29) is 6.42 Å². The monoisotopic (exact) mass is 267 g/mol. The van der Waals surface area contributed by atoms with Crippen LogP contribution < -0.4 is 0 Å². The van der Waals surface area contributed by atoms with Crippen LogP contribution in [0.25, 0.3) is 0 Å². The van der Waals surface area contributed by atoms with Gasteiger partial charge in [-0.05, 0) is 17.7 Å². The molecule has 17 heavy (non-hydrogen) atoms. The first-order valence-electron chi connectivity index (χ1n) is 5.03. The van der Waals surface area contributed by atoms with Crippen LogP contribution in [0.5, 0.6) is 0 Å². The van der Waals surface area contributed by atoms with Gasteiger partial charge in [-0.25, -0.2) is 4.98 Å². The van der Waals surface area contributed by atoms with Crippen molar-refractivity contribution in [2.75, 3.05) is 0 Å². The number of benzene rings is 1. The van der Waals surface area contributed by atoms with Crippen LogP contribution >= 0.6 is 22.9 Å². The van der Waals surface area contributed by atoms with E-state index in [1.165, 1.54) is 11.3 Å². The second-order valence-corrected chi connectivity index (χ2v) is 4.99. The lowest BCUT2D eigenvalue weighted by Gasteiger charge is -1.98. The van der Waals surface area contributed by atoms with E-state index >= 15 is 0 Å². The van der Waals surface area contributed by atoms with Crippen molar-refractivity contribution >= 4 is 28.9 Å². The number of halogens is 1. The van der Waals surface area contributed by atoms with Crippen molar-refractivity contribution in [3.8, 4) is 0 Å². The Morgan fingerprint density at radius 2 is 2.29 bits per heavy atom. The number of carboxylic acid groups (broad SMARTS) is 1. The van der Waals surface area contributed by atoms with E-state index in [0.717, 1.165) is 11.3 Å². The van der Waals surface area contributed by atoms with Crippen molar-refractivity contribution in [3.63, 3.8) is 0 Å². The number of aromatic nitrogens is 1. The summed E-state index contributed by atoms with van der Waals surface area (Å²) in [5, 5.41) is 11.9. The molecule has 0 amide bonds. The van der Waals surface area contributed by atoms with Crippen molar-refractivity contribution in [1.82, 2.24) is 4.98 Å². The minimum absolute atomic E-state index is 0.0137. The summed E-state index contributed by atoms with van der Waals surface area (Å²) < 4.78 is 0. The summed E-state index contributed by atoms with van der Waals surface area (Å²) in [6.07, 6.45) is 0.664. The summed E-state index contributed by atoms with van der Waals surface area (Å²) in [6.45, 7) is 0. The maximum atomic E-state index is 10.5. The molecule has 1 N–H and O–H groups in total. The minimum atomic E-state index is -0.853. The lowest BCUT2D eigenvalue weighted by Crippen LogP contribution is -1.99. The first-order chi connectivity index (χ1) is 8.13. The summed E-state index contributed by atoms with van der Waals surface area (Å²) in [7, 11) is 0. The third-order valence-electron chi connectivity index (χ3n) is 2.18. The summed E-state index contributed by atoms with van der Waals surface area (Å²) in [4.78, 5) is 14.8. The topological polar surface area (TPSA) is 50.2 Å². The van der Waals surface area contributed by atoms with Crippen LogP contribution in [0.4, 0.5) is 0 Å². The molecule has 1 aromatic heterocycles. The van der Waals surface area contributed by atoms with Gasteiger partial charge in [0.05, 0.1) is 12.1 Å². The van der Waals surface area contributed by atoms with E-state index in [2.05, 4.69) is 4.98 Å². The van der Waals surface area contributed by atoms with E-state index < -0.39 is 5.97 Å². The Balaban J connectivity index is 2.08. The Hall–Kier alpha value is -1.39. The summed E-state index contributed by atoms with van der Waals surface area (Å²) >= 11 is 7.27. The number of hydrogen-bond acceptors (Lipinski definition) is 3. The third kappa shape index (κ3) is 3.54. The van der Waals surface area contributed by atoms with Crippen molar-refractivity contribution in [2.24, 2.45) is 0 Å². The van der Waals surface area contributed by atoms with Crippen molar-refractivity contribution < 1.29 is 9.90 Å². The van der Waals surface area contributed by atoms with E-state index in [9.17, 15) is 4.79 Å². The molecule has 3 nitrogen and oxygen atoms in total. The molecule has 0 aliphatic carbocycles. The zero-order chi connectivity index (χ0) is 12.3. The highest BCUT2D eigenvalue weighted by atomic mass is 35.5. The number of aliphatic carboxylic acids is 1. The van der Waals surface area contributed by atoms with Crippen LogP contribution in [-0.4, -0.2) is 16.1 Å². The van der Waals surface area contributed by atoms with Crippen LogP contribution in [0.2, 0.25) is 5.02 Å². The van der Waals surface area contributed by atoms with Gasteiger partial charge in [-0.15, -0.1) is 11.3 Å². The first-order valence-corrected chi connectivity index (χ1v) is 6.29. The second kappa shape index (κ2) is 5.29. The summed E-state index contributed by atoms with van der Waals surface area (Å²) in [5.74, 6) is -0.853. The van der Waals surface area contributed by atoms with Crippen molar-refractivity contribution in [1.29, 1.82) is 0 Å². The van der Waals surface area contributed by atoms with Crippen molar-refractivity contribution in [3.05, 3.63) is 50.9 Å². The molecule has 0 aliphatic rings. The molecule has 0 radical (unpaired) electrons. The lowest BCUT2D eigenvalue weighted by atomic mass is 10.1. The zero-order valence-corrected chi connectivity index (χ0v) is 10.5. The van der Waals surface area contributed by atoms with Crippen LogP contribution in [-0.2, 0) is 17.6 Å². The van der Waals surface area contributed by atoms with Gasteiger partial charge < -0.3 is 5.11 Å². The van der Waals surface area contributed by atoms with E-state index in [1.54, 1.807) is 0 Å². The minimum Gasteiger partial charge on any atom is -0.481 e. The molecule has 0 saturated carbocycles. The Labute approximate surface area is 108 Å². The molecule has 0 unspecified atom stereocenters. The van der Waals surface area contributed by atoms with Gasteiger partial charge in [-0.1, -0.05) is 23.7 Å². The fourth-order valence-electron chi connectivity index (χ4n) is 1.50. The number of carbonyl (C=O) groups is 1. The fourth-order valence-corrected chi connectivity index (χ4v) is 2.49. The highest BCUT2D eigenvalue weighted by Gasteiger charge is 2.07. The van der Waals surface area contributed by atoms with E-state index in [1.807, 2.05) is 29.6 Å². The highest BCUT2D eigenvalue weighted by Crippen LogP contribution is 2.17. The maximum absolute atomic E-state index is 10.5. The van der Waals surface area contributed by atoms with E-state index in [4.69, 9.17) is 16.7 Å². The van der Waals surface area contributed by atoms with Gasteiger partial charge in [0, 0.05) is 16.8 Å². The van der Waals surface area contributed by atoms with Gasteiger partial charge in [-0.2, -0.15) is 0 Å². The molecule has 0 spiro atoms.